The molecule has 0 aromatic carbocycles. The lowest BCUT2D eigenvalue weighted by Gasteiger charge is -2.27. The van der Waals surface area contributed by atoms with E-state index in [2.05, 4.69) is 15.6 Å². The van der Waals surface area contributed by atoms with Crippen molar-refractivity contribution in [1.82, 2.24) is 15.5 Å². The fourth-order valence-corrected chi connectivity index (χ4v) is 1.89. The zero-order valence-corrected chi connectivity index (χ0v) is 9.41. The Bertz CT molecular complexity index is 305. The minimum atomic E-state index is 0.251. The van der Waals surface area contributed by atoms with Crippen molar-refractivity contribution in [2.45, 2.75) is 12.8 Å². The van der Waals surface area contributed by atoms with E-state index in [0.717, 1.165) is 38.2 Å². The average molecular weight is 222 g/mol. The van der Waals surface area contributed by atoms with Gasteiger partial charge in [0.1, 0.15) is 6.67 Å². The Morgan fingerprint density at radius 2 is 2.25 bits per heavy atom. The molecule has 0 saturated carbocycles. The van der Waals surface area contributed by atoms with Crippen LogP contribution in [0.2, 0.25) is 0 Å². The maximum absolute atomic E-state index is 11.8. The van der Waals surface area contributed by atoms with Gasteiger partial charge in [-0.05, 0) is 12.0 Å². The van der Waals surface area contributed by atoms with Gasteiger partial charge >= 0.3 is 0 Å². The maximum atomic E-state index is 11.8. The Balaban J connectivity index is 1.74. The summed E-state index contributed by atoms with van der Waals surface area (Å²) in [5.41, 5.74) is 1.11. The van der Waals surface area contributed by atoms with Crippen LogP contribution >= 0.6 is 0 Å². The van der Waals surface area contributed by atoms with E-state index >= 15 is 0 Å². The zero-order chi connectivity index (χ0) is 11.2. The topological polar surface area (TPSA) is 56.7 Å². The summed E-state index contributed by atoms with van der Waals surface area (Å²) in [5.74, 6) is 0.251. The summed E-state index contributed by atoms with van der Waals surface area (Å²) in [6.45, 7) is 4.15. The minimum absolute atomic E-state index is 0.251. The molecular weight excluding hydrogens is 204 g/mol. The van der Waals surface area contributed by atoms with Crippen molar-refractivity contribution in [1.29, 1.82) is 0 Å². The van der Waals surface area contributed by atoms with E-state index in [1.807, 2.05) is 17.3 Å². The van der Waals surface area contributed by atoms with E-state index in [1.165, 1.54) is 0 Å². The number of piperazine rings is 1. The second kappa shape index (κ2) is 5.65. The van der Waals surface area contributed by atoms with Crippen LogP contribution in [-0.4, -0.2) is 49.9 Å². The maximum Gasteiger partial charge on any atom is 0.222 e. The molecule has 0 atom stereocenters. The number of rotatable bonds is 3. The molecule has 5 heteroatoms. The van der Waals surface area contributed by atoms with Crippen LogP contribution in [0.5, 0.6) is 0 Å². The number of carbonyl (C=O) groups is 1. The van der Waals surface area contributed by atoms with Gasteiger partial charge < -0.3 is 15.5 Å². The molecule has 5 nitrogen and oxygen atoms in total. The Labute approximate surface area is 95.6 Å². The predicted octanol–water partition coefficient (Wildman–Crippen LogP) is -0.286. The molecule has 1 saturated heterocycles. The van der Waals surface area contributed by atoms with E-state index < -0.39 is 0 Å². The number of allylic oxidation sites excluding steroid dienone is 1. The monoisotopic (exact) mass is 222 g/mol. The molecule has 0 aromatic rings. The van der Waals surface area contributed by atoms with Crippen LogP contribution in [0.15, 0.2) is 16.8 Å². The number of nitrogens with zero attached hydrogens (tertiary/aromatic N) is 2. The second-order valence-electron chi connectivity index (χ2n) is 4.02. The summed E-state index contributed by atoms with van der Waals surface area (Å²) in [6.07, 6.45) is 5.15. The fraction of sp³-hybridized carbons (Fsp3) is 0.636. The van der Waals surface area contributed by atoms with Crippen LogP contribution in [0, 0.1) is 0 Å². The Hall–Kier alpha value is -1.36. The Kier molecular flexibility index (Phi) is 3.93. The fourth-order valence-electron chi connectivity index (χ4n) is 1.89. The molecule has 1 amide bonds. The van der Waals surface area contributed by atoms with Crippen molar-refractivity contribution in [2.75, 3.05) is 32.8 Å². The molecule has 2 aliphatic heterocycles. The summed E-state index contributed by atoms with van der Waals surface area (Å²) in [7, 11) is 0. The second-order valence-corrected chi connectivity index (χ2v) is 4.02. The van der Waals surface area contributed by atoms with Gasteiger partial charge in [-0.25, -0.2) is 0 Å². The number of hydrogen-bond donors (Lipinski definition) is 2. The van der Waals surface area contributed by atoms with E-state index in [1.54, 1.807) is 0 Å². The molecule has 2 aliphatic rings. The third-order valence-electron chi connectivity index (χ3n) is 2.82. The molecule has 0 unspecified atom stereocenters. The number of carbonyl (C=O) groups excluding carboxylic acids is 1. The van der Waals surface area contributed by atoms with Gasteiger partial charge in [0.25, 0.3) is 0 Å². The van der Waals surface area contributed by atoms with Crippen LogP contribution in [0.3, 0.4) is 0 Å². The Morgan fingerprint density at radius 1 is 1.44 bits per heavy atom. The predicted molar refractivity (Wildman–Crippen MR) is 63.3 cm³/mol. The van der Waals surface area contributed by atoms with Crippen LogP contribution in [0.25, 0.3) is 0 Å². The molecule has 88 valence electrons. The van der Waals surface area contributed by atoms with E-state index in [9.17, 15) is 4.79 Å². The van der Waals surface area contributed by atoms with Crippen molar-refractivity contribution < 1.29 is 4.79 Å². The highest BCUT2D eigenvalue weighted by Gasteiger charge is 2.15. The van der Waals surface area contributed by atoms with Gasteiger partial charge in [-0.2, -0.15) is 0 Å². The van der Waals surface area contributed by atoms with E-state index in [0.29, 0.717) is 13.1 Å². The molecule has 0 aliphatic carbocycles. The van der Waals surface area contributed by atoms with Crippen molar-refractivity contribution in [3.05, 3.63) is 11.8 Å². The minimum Gasteiger partial charge on any atom is -0.372 e. The molecule has 0 spiro atoms. The molecule has 2 rings (SSSR count). The van der Waals surface area contributed by atoms with Crippen molar-refractivity contribution >= 4 is 12.1 Å². The highest BCUT2D eigenvalue weighted by molar-refractivity contribution is 5.82. The van der Waals surface area contributed by atoms with Crippen LogP contribution < -0.4 is 10.6 Å². The largest absolute Gasteiger partial charge is 0.372 e. The summed E-state index contributed by atoms with van der Waals surface area (Å²) < 4.78 is 0. The van der Waals surface area contributed by atoms with Gasteiger partial charge in [-0.3, -0.25) is 9.79 Å². The molecule has 0 aromatic heterocycles. The van der Waals surface area contributed by atoms with Crippen LogP contribution in [0.1, 0.15) is 12.8 Å². The SMILES string of the molecule is O=C(CCC1=CNCN=C1)N1CCNCC1. The van der Waals surface area contributed by atoms with Crippen molar-refractivity contribution in [3.8, 4) is 0 Å². The summed E-state index contributed by atoms with van der Waals surface area (Å²) in [5, 5.41) is 6.28. The number of aliphatic imine (C=N–C) groups is 1. The highest BCUT2D eigenvalue weighted by atomic mass is 16.2. The van der Waals surface area contributed by atoms with Crippen LogP contribution in [0.4, 0.5) is 0 Å². The smallest absolute Gasteiger partial charge is 0.222 e. The first-order valence-electron chi connectivity index (χ1n) is 5.77. The lowest BCUT2D eigenvalue weighted by Crippen LogP contribution is -2.46. The summed E-state index contributed by atoms with van der Waals surface area (Å²) in [6, 6.07) is 0. The van der Waals surface area contributed by atoms with Crippen molar-refractivity contribution in [3.63, 3.8) is 0 Å². The molecule has 0 radical (unpaired) electrons. The number of nitrogens with one attached hydrogen (secondary N) is 2. The third kappa shape index (κ3) is 3.06. The van der Waals surface area contributed by atoms with E-state index in [-0.39, 0.29) is 5.91 Å². The quantitative estimate of drug-likeness (QED) is 0.690. The first-order chi connectivity index (χ1) is 7.86. The van der Waals surface area contributed by atoms with Gasteiger partial charge in [0.2, 0.25) is 5.91 Å². The van der Waals surface area contributed by atoms with Crippen molar-refractivity contribution in [2.24, 2.45) is 4.99 Å². The standard InChI is InChI=1S/C11H18N4O/c16-11(15-5-3-12-4-6-15)2-1-10-7-13-9-14-8-10/h7-8,12-13H,1-6,9H2. The average Bonchev–Trinajstić information content (AvgIpc) is 2.38. The summed E-state index contributed by atoms with van der Waals surface area (Å²) >= 11 is 0. The van der Waals surface area contributed by atoms with Gasteiger partial charge in [0.15, 0.2) is 0 Å². The van der Waals surface area contributed by atoms with E-state index in [4.69, 9.17) is 0 Å². The zero-order valence-electron chi connectivity index (χ0n) is 9.41. The molecule has 2 heterocycles. The molecule has 1 fully saturated rings. The molecule has 2 N–H and O–H groups in total. The Morgan fingerprint density at radius 3 is 2.94 bits per heavy atom. The third-order valence-corrected chi connectivity index (χ3v) is 2.82. The van der Waals surface area contributed by atoms with Gasteiger partial charge in [-0.1, -0.05) is 0 Å². The highest BCUT2D eigenvalue weighted by Crippen LogP contribution is 2.07. The van der Waals surface area contributed by atoms with Gasteiger partial charge in [0, 0.05) is 45.0 Å². The molecule has 0 bridgehead atoms. The van der Waals surface area contributed by atoms with Gasteiger partial charge in [0.05, 0.1) is 0 Å². The molecule has 16 heavy (non-hydrogen) atoms. The number of hydrogen-bond acceptors (Lipinski definition) is 4. The lowest BCUT2D eigenvalue weighted by molar-refractivity contribution is -0.131. The summed E-state index contributed by atoms with van der Waals surface area (Å²) in [4.78, 5) is 17.9. The first-order valence-corrected chi connectivity index (χ1v) is 5.77. The normalized spacial score (nSPS) is 20.2. The number of amides is 1. The first kappa shape index (κ1) is 11.1. The van der Waals surface area contributed by atoms with Gasteiger partial charge in [-0.15, -0.1) is 0 Å². The lowest BCUT2D eigenvalue weighted by atomic mass is 10.1. The van der Waals surface area contributed by atoms with Crippen LogP contribution in [-0.2, 0) is 4.79 Å². The molecular formula is C11H18N4O.